The highest BCUT2D eigenvalue weighted by Crippen LogP contribution is 2.18. The van der Waals surface area contributed by atoms with Crippen LogP contribution >= 0.6 is 23.4 Å². The van der Waals surface area contributed by atoms with Crippen LogP contribution in [0.3, 0.4) is 0 Å². The number of thioether (sulfide) groups is 1. The predicted octanol–water partition coefficient (Wildman–Crippen LogP) is 2.34. The largest absolute Gasteiger partial charge is 0.327 e. The fourth-order valence-corrected chi connectivity index (χ4v) is 1.56. The first-order valence-electron chi connectivity index (χ1n) is 3.83. The van der Waals surface area contributed by atoms with Crippen LogP contribution in [0.4, 0.5) is 0 Å². The van der Waals surface area contributed by atoms with E-state index in [4.69, 9.17) is 17.3 Å². The van der Waals surface area contributed by atoms with Gasteiger partial charge >= 0.3 is 0 Å². The summed E-state index contributed by atoms with van der Waals surface area (Å²) in [4.78, 5) is 4.13. The number of rotatable bonds is 4. The Hall–Kier alpha value is -0.510. The van der Waals surface area contributed by atoms with Crippen LogP contribution in [0.1, 0.15) is 0 Å². The molecule has 0 fully saturated rings. The second-order valence-electron chi connectivity index (χ2n) is 2.56. The van der Waals surface area contributed by atoms with Gasteiger partial charge in [0.1, 0.15) is 0 Å². The van der Waals surface area contributed by atoms with Gasteiger partial charge in [0.05, 0.1) is 10.0 Å². The number of nitrogens with zero attached hydrogens (tertiary/aromatic N) is 1. The molecule has 0 saturated heterocycles. The van der Waals surface area contributed by atoms with Crippen molar-refractivity contribution >= 4 is 23.4 Å². The molecule has 0 aromatic carbocycles. The van der Waals surface area contributed by atoms with Gasteiger partial charge in [0, 0.05) is 18.5 Å². The zero-order valence-electron chi connectivity index (χ0n) is 7.16. The van der Waals surface area contributed by atoms with Gasteiger partial charge in [-0.15, -0.1) is 11.8 Å². The molecule has 70 valence electrons. The standard InChI is InChI=1S/C9H11ClN2S/c1-7(4-11)6-13-9-3-2-8(10)5-12-9/h2-3,5H,1,4,6,11H2. The Kier molecular flexibility index (Phi) is 4.28. The molecule has 1 aromatic rings. The predicted molar refractivity (Wildman–Crippen MR) is 58.2 cm³/mol. The lowest BCUT2D eigenvalue weighted by atomic mass is 10.4. The maximum absolute atomic E-state index is 5.69. The lowest BCUT2D eigenvalue weighted by molar-refractivity contribution is 1.12. The number of halogens is 1. The summed E-state index contributed by atoms with van der Waals surface area (Å²) in [7, 11) is 0. The summed E-state index contributed by atoms with van der Waals surface area (Å²) in [5.74, 6) is 0.811. The Balaban J connectivity index is 2.46. The minimum atomic E-state index is 0.528. The first-order valence-corrected chi connectivity index (χ1v) is 5.20. The molecule has 1 heterocycles. The topological polar surface area (TPSA) is 38.9 Å². The van der Waals surface area contributed by atoms with E-state index < -0.39 is 0 Å². The summed E-state index contributed by atoms with van der Waals surface area (Å²) in [5.41, 5.74) is 6.42. The Morgan fingerprint density at radius 3 is 2.92 bits per heavy atom. The SMILES string of the molecule is C=C(CN)CSc1ccc(Cl)cn1. The molecule has 0 aliphatic carbocycles. The maximum Gasteiger partial charge on any atom is 0.0964 e. The Morgan fingerprint density at radius 2 is 2.38 bits per heavy atom. The quantitative estimate of drug-likeness (QED) is 0.618. The number of nitrogens with two attached hydrogens (primary N) is 1. The van der Waals surface area contributed by atoms with E-state index >= 15 is 0 Å². The van der Waals surface area contributed by atoms with Crippen LogP contribution < -0.4 is 5.73 Å². The zero-order chi connectivity index (χ0) is 9.68. The molecule has 4 heteroatoms. The Labute approximate surface area is 87.2 Å². The van der Waals surface area contributed by atoms with Gasteiger partial charge in [0.25, 0.3) is 0 Å². The summed E-state index contributed by atoms with van der Waals surface area (Å²) in [5, 5.41) is 1.60. The molecule has 0 aliphatic heterocycles. The van der Waals surface area contributed by atoms with Crippen molar-refractivity contribution < 1.29 is 0 Å². The molecule has 0 spiro atoms. The van der Waals surface area contributed by atoms with Crippen molar-refractivity contribution in [2.45, 2.75) is 5.03 Å². The lowest BCUT2D eigenvalue weighted by Crippen LogP contribution is -2.03. The summed E-state index contributed by atoms with van der Waals surface area (Å²) < 4.78 is 0. The zero-order valence-corrected chi connectivity index (χ0v) is 8.74. The van der Waals surface area contributed by atoms with Crippen molar-refractivity contribution in [2.24, 2.45) is 5.73 Å². The number of hydrogen-bond donors (Lipinski definition) is 1. The highest BCUT2D eigenvalue weighted by molar-refractivity contribution is 7.99. The first-order chi connectivity index (χ1) is 6.22. The molecule has 1 rings (SSSR count). The van der Waals surface area contributed by atoms with Gasteiger partial charge in [0.15, 0.2) is 0 Å². The maximum atomic E-state index is 5.69. The van der Waals surface area contributed by atoms with E-state index in [-0.39, 0.29) is 0 Å². The monoisotopic (exact) mass is 214 g/mol. The van der Waals surface area contributed by atoms with E-state index in [0.717, 1.165) is 16.4 Å². The fraction of sp³-hybridized carbons (Fsp3) is 0.222. The van der Waals surface area contributed by atoms with Crippen molar-refractivity contribution in [3.63, 3.8) is 0 Å². The van der Waals surface area contributed by atoms with Gasteiger partial charge in [0.2, 0.25) is 0 Å². The third-order valence-electron chi connectivity index (χ3n) is 1.41. The smallest absolute Gasteiger partial charge is 0.0964 e. The van der Waals surface area contributed by atoms with Gasteiger partial charge in [-0.1, -0.05) is 23.8 Å². The van der Waals surface area contributed by atoms with Crippen LogP contribution in [0, 0.1) is 0 Å². The molecule has 1 aromatic heterocycles. The van der Waals surface area contributed by atoms with Gasteiger partial charge in [-0.05, 0) is 12.1 Å². The molecule has 0 amide bonds. The molecule has 0 aliphatic rings. The average Bonchev–Trinajstić information content (AvgIpc) is 2.16. The number of hydrogen-bond acceptors (Lipinski definition) is 3. The summed E-state index contributed by atoms with van der Waals surface area (Å²) in [6.07, 6.45) is 1.63. The second kappa shape index (κ2) is 5.27. The van der Waals surface area contributed by atoms with E-state index in [2.05, 4.69) is 11.6 Å². The normalized spacial score (nSPS) is 10.0. The first kappa shape index (κ1) is 10.6. The molecule has 0 atom stereocenters. The summed E-state index contributed by atoms with van der Waals surface area (Å²) >= 11 is 7.30. The van der Waals surface area contributed by atoms with E-state index in [1.807, 2.05) is 12.1 Å². The van der Waals surface area contributed by atoms with Crippen LogP contribution in [0.2, 0.25) is 5.02 Å². The highest BCUT2D eigenvalue weighted by atomic mass is 35.5. The van der Waals surface area contributed by atoms with Gasteiger partial charge < -0.3 is 5.73 Å². The van der Waals surface area contributed by atoms with Gasteiger partial charge in [-0.2, -0.15) is 0 Å². The van der Waals surface area contributed by atoms with Crippen LogP contribution in [-0.2, 0) is 0 Å². The molecule has 0 bridgehead atoms. The van der Waals surface area contributed by atoms with Crippen molar-refractivity contribution in [1.82, 2.24) is 4.98 Å². The third-order valence-corrected chi connectivity index (χ3v) is 2.73. The van der Waals surface area contributed by atoms with E-state index in [1.165, 1.54) is 0 Å². The van der Waals surface area contributed by atoms with E-state index in [1.54, 1.807) is 18.0 Å². The number of aromatic nitrogens is 1. The molecule has 2 nitrogen and oxygen atoms in total. The molecular formula is C9H11ClN2S. The average molecular weight is 215 g/mol. The highest BCUT2D eigenvalue weighted by Gasteiger charge is 1.96. The molecule has 13 heavy (non-hydrogen) atoms. The van der Waals surface area contributed by atoms with Crippen LogP contribution in [0.5, 0.6) is 0 Å². The molecule has 2 N–H and O–H groups in total. The lowest BCUT2D eigenvalue weighted by Gasteiger charge is -2.01. The third kappa shape index (κ3) is 3.81. The van der Waals surface area contributed by atoms with Crippen LogP contribution in [0.15, 0.2) is 35.5 Å². The Morgan fingerprint density at radius 1 is 1.62 bits per heavy atom. The van der Waals surface area contributed by atoms with Crippen molar-refractivity contribution in [1.29, 1.82) is 0 Å². The van der Waals surface area contributed by atoms with Gasteiger partial charge in [-0.25, -0.2) is 4.98 Å². The van der Waals surface area contributed by atoms with Crippen molar-refractivity contribution in [2.75, 3.05) is 12.3 Å². The second-order valence-corrected chi connectivity index (χ2v) is 3.99. The molecule has 0 saturated carbocycles. The Bertz CT molecular complexity index is 284. The van der Waals surface area contributed by atoms with Crippen molar-refractivity contribution in [3.8, 4) is 0 Å². The number of pyridine rings is 1. The fourth-order valence-electron chi connectivity index (χ4n) is 0.683. The van der Waals surface area contributed by atoms with E-state index in [0.29, 0.717) is 11.6 Å². The van der Waals surface area contributed by atoms with E-state index in [9.17, 15) is 0 Å². The summed E-state index contributed by atoms with van der Waals surface area (Å²) in [6, 6.07) is 3.71. The van der Waals surface area contributed by atoms with Crippen LogP contribution in [-0.4, -0.2) is 17.3 Å². The minimum absolute atomic E-state index is 0.528. The minimum Gasteiger partial charge on any atom is -0.327 e. The summed E-state index contributed by atoms with van der Waals surface area (Å²) in [6.45, 7) is 4.33. The van der Waals surface area contributed by atoms with Gasteiger partial charge in [-0.3, -0.25) is 0 Å². The molecule has 0 unspecified atom stereocenters. The molecular weight excluding hydrogens is 204 g/mol. The van der Waals surface area contributed by atoms with Crippen molar-refractivity contribution in [3.05, 3.63) is 35.5 Å². The molecule has 0 radical (unpaired) electrons. The van der Waals surface area contributed by atoms with Crippen LogP contribution in [0.25, 0.3) is 0 Å².